The van der Waals surface area contributed by atoms with E-state index in [2.05, 4.69) is 0 Å². The smallest absolute Gasteiger partial charge is 0.254 e. The molecule has 1 heterocycles. The van der Waals surface area contributed by atoms with Gasteiger partial charge in [0.2, 0.25) is 0 Å². The van der Waals surface area contributed by atoms with Crippen LogP contribution in [-0.4, -0.2) is 40.8 Å². The summed E-state index contributed by atoms with van der Waals surface area (Å²) in [6, 6.07) is 14.3. The summed E-state index contributed by atoms with van der Waals surface area (Å²) < 4.78 is 5.26. The normalized spacial score (nSPS) is 20.2. The summed E-state index contributed by atoms with van der Waals surface area (Å²) in [5.41, 5.74) is 2.15. The molecule has 0 radical (unpaired) electrons. The minimum Gasteiger partial charge on any atom is -0.497 e. The van der Waals surface area contributed by atoms with Gasteiger partial charge in [0.1, 0.15) is 5.75 Å². The van der Waals surface area contributed by atoms with Crippen LogP contribution in [0.3, 0.4) is 0 Å². The van der Waals surface area contributed by atoms with Gasteiger partial charge in [-0.15, -0.1) is 0 Å². The van der Waals surface area contributed by atoms with Crippen molar-refractivity contribution < 1.29 is 19.7 Å². The number of aliphatic hydroxyl groups excluding tert-OH is 2. The number of ether oxygens (including phenoxy) is 1. The minimum atomic E-state index is -0.550. The van der Waals surface area contributed by atoms with Crippen molar-refractivity contribution >= 4 is 5.91 Å². The molecule has 2 aromatic rings. The number of carbonyl (C=O) groups is 1. The summed E-state index contributed by atoms with van der Waals surface area (Å²) in [6.07, 6.45) is -0.0512. The molecule has 24 heavy (non-hydrogen) atoms. The zero-order valence-corrected chi connectivity index (χ0v) is 13.6. The van der Waals surface area contributed by atoms with Gasteiger partial charge in [0.25, 0.3) is 5.91 Å². The molecule has 5 heteroatoms. The Labute approximate surface area is 141 Å². The fourth-order valence-electron chi connectivity index (χ4n) is 3.17. The third-order valence-electron chi connectivity index (χ3n) is 4.37. The van der Waals surface area contributed by atoms with Gasteiger partial charge in [-0.1, -0.05) is 24.3 Å². The summed E-state index contributed by atoms with van der Waals surface area (Å²) in [6.45, 7) is 0.188. The predicted octanol–water partition coefficient (Wildman–Crippen LogP) is 2.14. The Bertz CT molecular complexity index is 731. The average molecular weight is 327 g/mol. The number of rotatable bonds is 4. The lowest BCUT2D eigenvalue weighted by Crippen LogP contribution is -2.31. The van der Waals surface area contributed by atoms with Crippen LogP contribution in [-0.2, 0) is 6.61 Å². The van der Waals surface area contributed by atoms with Crippen LogP contribution in [0.25, 0.3) is 0 Å². The van der Waals surface area contributed by atoms with Crippen molar-refractivity contribution in [1.29, 1.82) is 0 Å². The second-order valence-electron chi connectivity index (χ2n) is 6.00. The third-order valence-corrected chi connectivity index (χ3v) is 4.37. The number of carbonyl (C=O) groups excluding carboxylic acids is 1. The highest BCUT2D eigenvalue weighted by atomic mass is 16.5. The zero-order valence-electron chi connectivity index (χ0n) is 13.6. The standard InChI is InChI=1S/C19H21NO4/c1-24-17-7-3-5-14(9-17)18-10-16(22)11-20(18)19(23)15-6-2-4-13(8-15)12-21/h2-9,16,18,21-22H,10-12H2,1H3/t16-,18-/m1/s1. The topological polar surface area (TPSA) is 70.0 Å². The van der Waals surface area contributed by atoms with Gasteiger partial charge in [-0.05, 0) is 41.8 Å². The molecule has 3 rings (SSSR count). The Morgan fingerprint density at radius 2 is 2.04 bits per heavy atom. The Kier molecular flexibility index (Phi) is 4.83. The molecule has 1 saturated heterocycles. The van der Waals surface area contributed by atoms with Gasteiger partial charge < -0.3 is 19.8 Å². The van der Waals surface area contributed by atoms with Crippen LogP contribution in [0.15, 0.2) is 48.5 Å². The maximum atomic E-state index is 12.9. The highest BCUT2D eigenvalue weighted by molar-refractivity contribution is 5.95. The second-order valence-corrected chi connectivity index (χ2v) is 6.00. The van der Waals surface area contributed by atoms with Crippen molar-refractivity contribution in [2.75, 3.05) is 13.7 Å². The molecular formula is C19H21NO4. The highest BCUT2D eigenvalue weighted by Crippen LogP contribution is 2.34. The third kappa shape index (κ3) is 3.27. The Morgan fingerprint density at radius 1 is 1.25 bits per heavy atom. The monoisotopic (exact) mass is 327 g/mol. The minimum absolute atomic E-state index is 0.108. The van der Waals surface area contributed by atoms with E-state index in [4.69, 9.17) is 4.74 Å². The second kappa shape index (κ2) is 7.03. The molecule has 0 spiro atoms. The largest absolute Gasteiger partial charge is 0.497 e. The SMILES string of the molecule is COc1cccc([C@H]2C[C@@H](O)CN2C(=O)c2cccc(CO)c2)c1. The number of amides is 1. The summed E-state index contributed by atoms with van der Waals surface area (Å²) in [5, 5.41) is 19.3. The molecule has 2 N–H and O–H groups in total. The number of benzene rings is 2. The van der Waals surface area contributed by atoms with Crippen LogP contribution in [0.5, 0.6) is 5.75 Å². The molecule has 0 aliphatic carbocycles. The van der Waals surface area contributed by atoms with E-state index >= 15 is 0 Å². The molecule has 1 amide bonds. The van der Waals surface area contributed by atoms with Gasteiger partial charge in [-0.3, -0.25) is 4.79 Å². The fraction of sp³-hybridized carbons (Fsp3) is 0.316. The molecule has 0 unspecified atom stereocenters. The van der Waals surface area contributed by atoms with Gasteiger partial charge in [0.15, 0.2) is 0 Å². The van der Waals surface area contributed by atoms with Crippen molar-refractivity contribution in [3.8, 4) is 5.75 Å². The first-order valence-corrected chi connectivity index (χ1v) is 7.95. The van der Waals surface area contributed by atoms with Crippen LogP contribution in [0.2, 0.25) is 0 Å². The first-order chi connectivity index (χ1) is 11.6. The van der Waals surface area contributed by atoms with E-state index in [0.717, 1.165) is 11.3 Å². The van der Waals surface area contributed by atoms with E-state index in [-0.39, 0.29) is 18.6 Å². The predicted molar refractivity (Wildman–Crippen MR) is 89.8 cm³/mol. The molecule has 1 aliphatic rings. The first kappa shape index (κ1) is 16.5. The maximum Gasteiger partial charge on any atom is 0.254 e. The summed E-state index contributed by atoms with van der Waals surface area (Å²) in [4.78, 5) is 14.6. The average Bonchev–Trinajstić information content (AvgIpc) is 3.03. The molecule has 0 bridgehead atoms. The number of hydrogen-bond acceptors (Lipinski definition) is 4. The van der Waals surface area contributed by atoms with Crippen LogP contribution in [0.1, 0.15) is 33.9 Å². The van der Waals surface area contributed by atoms with Crippen LogP contribution >= 0.6 is 0 Å². The van der Waals surface area contributed by atoms with Crippen LogP contribution in [0.4, 0.5) is 0 Å². The van der Waals surface area contributed by atoms with E-state index in [0.29, 0.717) is 24.1 Å². The van der Waals surface area contributed by atoms with Gasteiger partial charge in [-0.2, -0.15) is 0 Å². The van der Waals surface area contributed by atoms with Gasteiger partial charge in [-0.25, -0.2) is 0 Å². The Balaban J connectivity index is 1.90. The number of nitrogens with zero attached hydrogens (tertiary/aromatic N) is 1. The lowest BCUT2D eigenvalue weighted by Gasteiger charge is -2.25. The lowest BCUT2D eigenvalue weighted by molar-refractivity contribution is 0.0715. The van der Waals surface area contributed by atoms with E-state index in [1.165, 1.54) is 0 Å². The summed E-state index contributed by atoms with van der Waals surface area (Å²) >= 11 is 0. The number of hydrogen-bond donors (Lipinski definition) is 2. The Morgan fingerprint density at radius 3 is 2.79 bits per heavy atom. The molecule has 1 fully saturated rings. The molecule has 1 aliphatic heterocycles. The molecule has 0 saturated carbocycles. The molecular weight excluding hydrogens is 306 g/mol. The van der Waals surface area contributed by atoms with Crippen LogP contribution in [0, 0.1) is 0 Å². The number of methoxy groups -OCH3 is 1. The Hall–Kier alpha value is -2.37. The summed E-state index contributed by atoms with van der Waals surface area (Å²) in [5.74, 6) is 0.582. The number of β-amino-alcohol motifs (C(OH)–C–C–N with tert-alkyl or cyclic N) is 1. The van der Waals surface area contributed by atoms with Crippen molar-refractivity contribution in [3.05, 3.63) is 65.2 Å². The summed E-state index contributed by atoms with van der Waals surface area (Å²) in [7, 11) is 1.60. The molecule has 5 nitrogen and oxygen atoms in total. The van der Waals surface area contributed by atoms with E-state index < -0.39 is 6.10 Å². The van der Waals surface area contributed by atoms with Gasteiger partial charge in [0.05, 0.1) is 25.9 Å². The maximum absolute atomic E-state index is 12.9. The van der Waals surface area contributed by atoms with E-state index in [1.807, 2.05) is 24.3 Å². The molecule has 2 atom stereocenters. The van der Waals surface area contributed by atoms with Crippen molar-refractivity contribution in [2.45, 2.75) is 25.2 Å². The van der Waals surface area contributed by atoms with Gasteiger partial charge in [0, 0.05) is 12.1 Å². The van der Waals surface area contributed by atoms with E-state index in [1.54, 1.807) is 36.3 Å². The first-order valence-electron chi connectivity index (χ1n) is 7.95. The molecule has 0 aromatic heterocycles. The zero-order chi connectivity index (χ0) is 17.1. The quantitative estimate of drug-likeness (QED) is 0.903. The van der Waals surface area contributed by atoms with Gasteiger partial charge >= 0.3 is 0 Å². The van der Waals surface area contributed by atoms with Crippen LogP contribution < -0.4 is 4.74 Å². The number of aliphatic hydroxyl groups is 2. The molecule has 126 valence electrons. The number of likely N-dealkylation sites (tertiary alicyclic amines) is 1. The van der Waals surface area contributed by atoms with Crippen molar-refractivity contribution in [2.24, 2.45) is 0 Å². The van der Waals surface area contributed by atoms with E-state index in [9.17, 15) is 15.0 Å². The van der Waals surface area contributed by atoms with Crippen molar-refractivity contribution in [3.63, 3.8) is 0 Å². The fourth-order valence-corrected chi connectivity index (χ4v) is 3.17. The highest BCUT2D eigenvalue weighted by Gasteiger charge is 2.35. The lowest BCUT2D eigenvalue weighted by atomic mass is 10.0. The molecule has 2 aromatic carbocycles. The van der Waals surface area contributed by atoms with Crippen molar-refractivity contribution in [1.82, 2.24) is 4.90 Å².